The molecule has 0 aromatic heterocycles. The lowest BCUT2D eigenvalue weighted by atomic mass is 9.70. The number of allylic oxidation sites excluding steroid dienone is 1. The average Bonchev–Trinajstić information content (AvgIpc) is 2.04. The summed E-state index contributed by atoms with van der Waals surface area (Å²) in [5, 5.41) is 8.82. The molecule has 1 N–H and O–H groups in total. The second-order valence-corrected chi connectivity index (χ2v) is 4.83. The van der Waals surface area contributed by atoms with Gasteiger partial charge < -0.3 is 5.11 Å². The van der Waals surface area contributed by atoms with E-state index in [4.69, 9.17) is 5.11 Å². The molecule has 0 spiro atoms. The molecule has 1 nitrogen and oxygen atoms in total. The first-order valence-electron chi connectivity index (χ1n) is 5.46. The molecule has 0 heterocycles. The SMILES string of the molecule is CC1CCC(C(C)C)C(/C=C/O)C1. The molecule has 0 aromatic rings. The summed E-state index contributed by atoms with van der Waals surface area (Å²) in [5.74, 6) is 2.96. The summed E-state index contributed by atoms with van der Waals surface area (Å²) in [6.07, 6.45) is 7.16. The summed E-state index contributed by atoms with van der Waals surface area (Å²) < 4.78 is 0. The molecule has 1 rings (SSSR count). The fourth-order valence-corrected chi connectivity index (χ4v) is 2.61. The van der Waals surface area contributed by atoms with E-state index in [-0.39, 0.29) is 0 Å². The van der Waals surface area contributed by atoms with Crippen molar-refractivity contribution in [2.24, 2.45) is 23.7 Å². The summed E-state index contributed by atoms with van der Waals surface area (Å²) in [4.78, 5) is 0. The first-order chi connectivity index (χ1) is 6.15. The number of rotatable bonds is 2. The van der Waals surface area contributed by atoms with Gasteiger partial charge in [-0.1, -0.05) is 27.2 Å². The molecule has 0 saturated heterocycles. The predicted molar refractivity (Wildman–Crippen MR) is 56.6 cm³/mol. The second kappa shape index (κ2) is 4.69. The predicted octanol–water partition coefficient (Wildman–Crippen LogP) is 3.77. The highest BCUT2D eigenvalue weighted by Gasteiger charge is 2.28. The van der Waals surface area contributed by atoms with Crippen molar-refractivity contribution in [2.45, 2.75) is 40.0 Å². The van der Waals surface area contributed by atoms with Gasteiger partial charge in [0.05, 0.1) is 6.26 Å². The number of hydrogen-bond acceptors (Lipinski definition) is 1. The van der Waals surface area contributed by atoms with E-state index in [2.05, 4.69) is 20.8 Å². The molecule has 0 radical (unpaired) electrons. The van der Waals surface area contributed by atoms with E-state index in [0.29, 0.717) is 5.92 Å². The Balaban J connectivity index is 2.60. The number of hydrogen-bond donors (Lipinski definition) is 1. The maximum absolute atomic E-state index is 8.82. The summed E-state index contributed by atoms with van der Waals surface area (Å²) in [6, 6.07) is 0. The number of aliphatic hydroxyl groups is 1. The highest BCUT2D eigenvalue weighted by atomic mass is 16.2. The van der Waals surface area contributed by atoms with Gasteiger partial charge in [-0.05, 0) is 42.6 Å². The van der Waals surface area contributed by atoms with Crippen LogP contribution in [0, 0.1) is 23.7 Å². The molecular weight excluding hydrogens is 160 g/mol. The molecule has 1 fully saturated rings. The largest absolute Gasteiger partial charge is 0.516 e. The van der Waals surface area contributed by atoms with E-state index in [0.717, 1.165) is 17.8 Å². The molecule has 0 aromatic carbocycles. The standard InChI is InChI=1S/C12H22O/c1-9(2)12-5-4-10(3)8-11(12)6-7-13/h6-7,9-13H,4-5,8H2,1-3H3/b7-6+. The fourth-order valence-electron chi connectivity index (χ4n) is 2.61. The van der Waals surface area contributed by atoms with Crippen LogP contribution in [0.25, 0.3) is 0 Å². The molecule has 1 saturated carbocycles. The van der Waals surface area contributed by atoms with Crippen LogP contribution in [-0.2, 0) is 0 Å². The minimum atomic E-state index is 0.605. The first-order valence-corrected chi connectivity index (χ1v) is 5.46. The lowest BCUT2D eigenvalue weighted by Gasteiger charge is -2.35. The zero-order chi connectivity index (χ0) is 9.84. The Morgan fingerprint density at radius 3 is 2.54 bits per heavy atom. The maximum atomic E-state index is 8.82. The Morgan fingerprint density at radius 2 is 2.00 bits per heavy atom. The van der Waals surface area contributed by atoms with Crippen molar-refractivity contribution >= 4 is 0 Å². The Morgan fingerprint density at radius 1 is 1.31 bits per heavy atom. The molecule has 0 aliphatic heterocycles. The zero-order valence-electron chi connectivity index (χ0n) is 9.03. The fraction of sp³-hybridized carbons (Fsp3) is 0.833. The van der Waals surface area contributed by atoms with E-state index in [1.165, 1.54) is 25.5 Å². The molecule has 3 unspecified atom stereocenters. The highest BCUT2D eigenvalue weighted by molar-refractivity contribution is 4.92. The minimum absolute atomic E-state index is 0.605. The van der Waals surface area contributed by atoms with E-state index in [1.807, 2.05) is 6.08 Å². The van der Waals surface area contributed by atoms with Gasteiger partial charge in [0, 0.05) is 0 Å². The van der Waals surface area contributed by atoms with Gasteiger partial charge in [0.1, 0.15) is 0 Å². The zero-order valence-corrected chi connectivity index (χ0v) is 9.03. The van der Waals surface area contributed by atoms with E-state index < -0.39 is 0 Å². The Kier molecular flexibility index (Phi) is 3.83. The molecular formula is C12H22O. The monoisotopic (exact) mass is 182 g/mol. The van der Waals surface area contributed by atoms with Crippen molar-refractivity contribution in [1.29, 1.82) is 0 Å². The smallest absolute Gasteiger partial charge is 0.0754 e. The topological polar surface area (TPSA) is 20.2 Å². The maximum Gasteiger partial charge on any atom is 0.0754 e. The van der Waals surface area contributed by atoms with Crippen LogP contribution >= 0.6 is 0 Å². The van der Waals surface area contributed by atoms with Crippen LogP contribution < -0.4 is 0 Å². The quantitative estimate of drug-likeness (QED) is 0.644. The van der Waals surface area contributed by atoms with Crippen molar-refractivity contribution in [3.63, 3.8) is 0 Å². The summed E-state index contributed by atoms with van der Waals surface area (Å²) >= 11 is 0. The highest BCUT2D eigenvalue weighted by Crippen LogP contribution is 2.38. The molecule has 3 atom stereocenters. The average molecular weight is 182 g/mol. The normalized spacial score (nSPS) is 35.8. The molecule has 1 aliphatic rings. The van der Waals surface area contributed by atoms with Gasteiger partial charge in [0.15, 0.2) is 0 Å². The van der Waals surface area contributed by atoms with Gasteiger partial charge in [-0.2, -0.15) is 0 Å². The van der Waals surface area contributed by atoms with Gasteiger partial charge in [0.2, 0.25) is 0 Å². The minimum Gasteiger partial charge on any atom is -0.516 e. The van der Waals surface area contributed by atoms with E-state index >= 15 is 0 Å². The first kappa shape index (κ1) is 10.6. The molecule has 0 bridgehead atoms. The van der Waals surface area contributed by atoms with Crippen molar-refractivity contribution in [2.75, 3.05) is 0 Å². The van der Waals surface area contributed by atoms with Crippen molar-refractivity contribution < 1.29 is 5.11 Å². The molecule has 1 aliphatic carbocycles. The van der Waals surface area contributed by atoms with Gasteiger partial charge in [-0.25, -0.2) is 0 Å². The summed E-state index contributed by atoms with van der Waals surface area (Å²) in [7, 11) is 0. The third-order valence-corrected chi connectivity index (χ3v) is 3.41. The third-order valence-electron chi connectivity index (χ3n) is 3.41. The van der Waals surface area contributed by atoms with Crippen LogP contribution in [0.2, 0.25) is 0 Å². The molecule has 0 amide bonds. The molecule has 1 heteroatoms. The molecule has 13 heavy (non-hydrogen) atoms. The van der Waals surface area contributed by atoms with Gasteiger partial charge in [-0.15, -0.1) is 0 Å². The summed E-state index contributed by atoms with van der Waals surface area (Å²) in [5.41, 5.74) is 0. The van der Waals surface area contributed by atoms with Crippen molar-refractivity contribution in [3.05, 3.63) is 12.3 Å². The van der Waals surface area contributed by atoms with Crippen LogP contribution in [0.4, 0.5) is 0 Å². The third kappa shape index (κ3) is 2.75. The number of aliphatic hydroxyl groups excluding tert-OH is 1. The van der Waals surface area contributed by atoms with E-state index in [9.17, 15) is 0 Å². The Bertz CT molecular complexity index is 172. The van der Waals surface area contributed by atoms with Crippen molar-refractivity contribution in [1.82, 2.24) is 0 Å². The van der Waals surface area contributed by atoms with Crippen LogP contribution in [-0.4, -0.2) is 5.11 Å². The second-order valence-electron chi connectivity index (χ2n) is 4.83. The van der Waals surface area contributed by atoms with Crippen LogP contribution in [0.1, 0.15) is 40.0 Å². The Labute approximate surface area is 81.9 Å². The lowest BCUT2D eigenvalue weighted by molar-refractivity contribution is 0.176. The summed E-state index contributed by atoms with van der Waals surface area (Å²) in [6.45, 7) is 6.90. The lowest BCUT2D eigenvalue weighted by Crippen LogP contribution is -2.26. The van der Waals surface area contributed by atoms with E-state index in [1.54, 1.807) is 0 Å². The Hall–Kier alpha value is -0.460. The van der Waals surface area contributed by atoms with Crippen LogP contribution in [0.5, 0.6) is 0 Å². The van der Waals surface area contributed by atoms with Gasteiger partial charge >= 0.3 is 0 Å². The van der Waals surface area contributed by atoms with Gasteiger partial charge in [0.25, 0.3) is 0 Å². The van der Waals surface area contributed by atoms with Gasteiger partial charge in [-0.3, -0.25) is 0 Å². The van der Waals surface area contributed by atoms with Crippen LogP contribution in [0.15, 0.2) is 12.3 Å². The van der Waals surface area contributed by atoms with Crippen LogP contribution in [0.3, 0.4) is 0 Å². The van der Waals surface area contributed by atoms with Crippen molar-refractivity contribution in [3.8, 4) is 0 Å². The molecule has 76 valence electrons.